The van der Waals surface area contributed by atoms with Gasteiger partial charge in [0.1, 0.15) is 11.3 Å². The Morgan fingerprint density at radius 3 is 2.85 bits per heavy atom. The van der Waals surface area contributed by atoms with Gasteiger partial charge in [0.25, 0.3) is 5.91 Å². The van der Waals surface area contributed by atoms with E-state index in [9.17, 15) is 4.79 Å². The van der Waals surface area contributed by atoms with E-state index in [0.29, 0.717) is 29.0 Å². The molecule has 0 aliphatic carbocycles. The molecule has 136 valence electrons. The van der Waals surface area contributed by atoms with E-state index < -0.39 is 0 Å². The first-order valence-electron chi connectivity index (χ1n) is 8.49. The molecule has 0 saturated carbocycles. The molecule has 0 radical (unpaired) electrons. The molecule has 26 heavy (non-hydrogen) atoms. The van der Waals surface area contributed by atoms with Crippen LogP contribution in [0.2, 0.25) is 0 Å². The van der Waals surface area contributed by atoms with Crippen LogP contribution in [-0.2, 0) is 6.42 Å². The van der Waals surface area contributed by atoms with Gasteiger partial charge < -0.3 is 20.7 Å². The highest BCUT2D eigenvalue weighted by Gasteiger charge is 2.19. The number of aliphatic hydroxyl groups excluding tert-OH is 1. The number of carbonyl (C=O) groups excluding carboxylic acids is 1. The Bertz CT molecular complexity index is 927. The van der Waals surface area contributed by atoms with Crippen LogP contribution in [0.3, 0.4) is 0 Å². The highest BCUT2D eigenvalue weighted by Crippen LogP contribution is 2.20. The van der Waals surface area contributed by atoms with E-state index in [-0.39, 0.29) is 18.1 Å². The number of anilines is 2. The second-order valence-corrected chi connectivity index (χ2v) is 7.16. The third-order valence-electron chi connectivity index (χ3n) is 3.71. The van der Waals surface area contributed by atoms with Crippen molar-refractivity contribution >= 4 is 28.6 Å². The number of fused-ring (bicyclic) bond motifs is 1. The summed E-state index contributed by atoms with van der Waals surface area (Å²) in [6.45, 7) is 5.89. The van der Waals surface area contributed by atoms with Crippen molar-refractivity contribution in [1.29, 1.82) is 0 Å². The summed E-state index contributed by atoms with van der Waals surface area (Å²) in [5.41, 5.74) is 3.07. The van der Waals surface area contributed by atoms with Crippen LogP contribution in [0.5, 0.6) is 0 Å². The fraction of sp³-hybridized carbons (Fsp3) is 0.316. The van der Waals surface area contributed by atoms with E-state index in [1.807, 2.05) is 45.0 Å². The lowest BCUT2D eigenvalue weighted by Crippen LogP contribution is -2.40. The van der Waals surface area contributed by atoms with Gasteiger partial charge in [-0.2, -0.15) is 0 Å². The molecule has 7 nitrogen and oxygen atoms in total. The minimum absolute atomic E-state index is 0.102. The van der Waals surface area contributed by atoms with Gasteiger partial charge in [-0.05, 0) is 44.9 Å². The van der Waals surface area contributed by atoms with Gasteiger partial charge in [-0.1, -0.05) is 12.1 Å². The summed E-state index contributed by atoms with van der Waals surface area (Å²) in [4.78, 5) is 24.3. The predicted molar refractivity (Wildman–Crippen MR) is 102 cm³/mol. The Kier molecular flexibility index (Phi) is 4.90. The third-order valence-corrected chi connectivity index (χ3v) is 3.71. The third kappa shape index (κ3) is 4.18. The molecule has 0 aliphatic heterocycles. The number of aromatic amines is 1. The fourth-order valence-corrected chi connectivity index (χ4v) is 2.61. The summed E-state index contributed by atoms with van der Waals surface area (Å²) >= 11 is 0. The summed E-state index contributed by atoms with van der Waals surface area (Å²) < 4.78 is 0. The molecule has 3 rings (SSSR count). The van der Waals surface area contributed by atoms with Crippen molar-refractivity contribution in [2.45, 2.75) is 32.7 Å². The molecule has 0 bridgehead atoms. The van der Waals surface area contributed by atoms with Gasteiger partial charge in [0.15, 0.2) is 5.65 Å². The van der Waals surface area contributed by atoms with Crippen molar-refractivity contribution in [2.24, 2.45) is 0 Å². The van der Waals surface area contributed by atoms with E-state index in [2.05, 4.69) is 25.6 Å². The average Bonchev–Trinajstić information content (AvgIpc) is 2.97. The summed E-state index contributed by atoms with van der Waals surface area (Å²) in [7, 11) is 0. The zero-order valence-corrected chi connectivity index (χ0v) is 15.1. The van der Waals surface area contributed by atoms with Gasteiger partial charge in [0, 0.05) is 24.0 Å². The van der Waals surface area contributed by atoms with Crippen LogP contribution in [0.15, 0.2) is 36.7 Å². The monoisotopic (exact) mass is 353 g/mol. The van der Waals surface area contributed by atoms with Crippen LogP contribution in [-0.4, -0.2) is 38.1 Å². The first-order chi connectivity index (χ1) is 12.4. The van der Waals surface area contributed by atoms with Gasteiger partial charge in [-0.25, -0.2) is 9.97 Å². The minimum atomic E-state index is -0.336. The Balaban J connectivity index is 1.88. The maximum atomic E-state index is 12.5. The van der Waals surface area contributed by atoms with Crippen LogP contribution >= 0.6 is 0 Å². The maximum absolute atomic E-state index is 12.5. The number of amides is 1. The number of nitrogens with one attached hydrogen (secondary N) is 3. The zero-order chi connectivity index (χ0) is 18.7. The van der Waals surface area contributed by atoms with Gasteiger partial charge in [0.05, 0.1) is 11.8 Å². The molecule has 2 aromatic heterocycles. The molecule has 7 heteroatoms. The second-order valence-electron chi connectivity index (χ2n) is 7.16. The molecule has 0 fully saturated rings. The van der Waals surface area contributed by atoms with Crippen LogP contribution in [0, 0.1) is 0 Å². The number of carbonyl (C=O) groups is 1. The first-order valence-corrected chi connectivity index (χ1v) is 8.49. The molecule has 0 unspecified atom stereocenters. The summed E-state index contributed by atoms with van der Waals surface area (Å²) in [6, 6.07) is 7.73. The number of aliphatic hydroxyl groups is 1. The molecule has 1 amide bonds. The van der Waals surface area contributed by atoms with E-state index in [1.54, 1.807) is 12.4 Å². The molecular weight excluding hydrogens is 330 g/mol. The molecule has 0 aliphatic rings. The van der Waals surface area contributed by atoms with Crippen molar-refractivity contribution < 1.29 is 9.90 Å². The number of hydrogen-bond acceptors (Lipinski definition) is 5. The standard InChI is InChI=1S/C19H23N5O2/c1-19(2,3)24-18(26)14-10-20-17-16(14)23-15(11-21-17)22-13-6-4-5-12(9-13)7-8-25/h4-6,9-11,25H,7-8H2,1-3H3,(H,20,21)(H,22,23)(H,24,26). The Morgan fingerprint density at radius 1 is 1.31 bits per heavy atom. The SMILES string of the molecule is CC(C)(C)NC(=O)c1c[nH]c2ncc(Nc3cccc(CCO)c3)nc12. The Hall–Kier alpha value is -2.93. The van der Waals surface area contributed by atoms with Gasteiger partial charge >= 0.3 is 0 Å². The van der Waals surface area contributed by atoms with Crippen LogP contribution in [0.4, 0.5) is 11.5 Å². The number of benzene rings is 1. The lowest BCUT2D eigenvalue weighted by Gasteiger charge is -2.20. The summed E-state index contributed by atoms with van der Waals surface area (Å²) in [5.74, 6) is 0.350. The molecule has 3 aromatic rings. The normalized spacial score (nSPS) is 11.5. The summed E-state index contributed by atoms with van der Waals surface area (Å²) in [6.07, 6.45) is 3.83. The predicted octanol–water partition coefficient (Wildman–Crippen LogP) is 2.76. The van der Waals surface area contributed by atoms with Crippen molar-refractivity contribution in [2.75, 3.05) is 11.9 Å². The zero-order valence-electron chi connectivity index (χ0n) is 15.1. The molecule has 1 aromatic carbocycles. The van der Waals surface area contributed by atoms with Crippen LogP contribution < -0.4 is 10.6 Å². The lowest BCUT2D eigenvalue weighted by molar-refractivity contribution is 0.0921. The molecular formula is C19H23N5O2. The van der Waals surface area contributed by atoms with Gasteiger partial charge in [0.2, 0.25) is 0 Å². The highest BCUT2D eigenvalue weighted by molar-refractivity contribution is 6.04. The topological polar surface area (TPSA) is 103 Å². The Labute approximate surface area is 151 Å². The number of nitrogens with zero attached hydrogens (tertiary/aromatic N) is 2. The van der Waals surface area contributed by atoms with Crippen molar-refractivity contribution in [1.82, 2.24) is 20.3 Å². The quantitative estimate of drug-likeness (QED) is 0.565. The van der Waals surface area contributed by atoms with E-state index >= 15 is 0 Å². The van der Waals surface area contributed by atoms with Crippen molar-refractivity contribution in [3.8, 4) is 0 Å². The summed E-state index contributed by atoms with van der Waals surface area (Å²) in [5, 5.41) is 15.2. The van der Waals surface area contributed by atoms with E-state index in [0.717, 1.165) is 11.3 Å². The van der Waals surface area contributed by atoms with E-state index in [4.69, 9.17) is 5.11 Å². The fourth-order valence-electron chi connectivity index (χ4n) is 2.61. The smallest absolute Gasteiger partial charge is 0.255 e. The number of rotatable bonds is 5. The van der Waals surface area contributed by atoms with Crippen LogP contribution in [0.25, 0.3) is 11.2 Å². The number of hydrogen-bond donors (Lipinski definition) is 4. The number of H-pyrrole nitrogens is 1. The highest BCUT2D eigenvalue weighted by atomic mass is 16.3. The number of aromatic nitrogens is 3. The second kappa shape index (κ2) is 7.13. The minimum Gasteiger partial charge on any atom is -0.396 e. The van der Waals surface area contributed by atoms with Gasteiger partial charge in [-0.3, -0.25) is 4.79 Å². The average molecular weight is 353 g/mol. The lowest BCUT2D eigenvalue weighted by atomic mass is 10.1. The molecule has 0 atom stereocenters. The van der Waals surface area contributed by atoms with E-state index in [1.165, 1.54) is 0 Å². The van der Waals surface area contributed by atoms with Crippen molar-refractivity contribution in [3.05, 3.63) is 47.8 Å². The molecule has 0 spiro atoms. The van der Waals surface area contributed by atoms with Crippen LogP contribution in [0.1, 0.15) is 36.7 Å². The Morgan fingerprint density at radius 2 is 2.12 bits per heavy atom. The largest absolute Gasteiger partial charge is 0.396 e. The first kappa shape index (κ1) is 17.9. The van der Waals surface area contributed by atoms with Crippen molar-refractivity contribution in [3.63, 3.8) is 0 Å². The maximum Gasteiger partial charge on any atom is 0.255 e. The molecule has 4 N–H and O–H groups in total. The van der Waals surface area contributed by atoms with Gasteiger partial charge in [-0.15, -0.1) is 0 Å². The molecule has 2 heterocycles. The molecule has 0 saturated heterocycles.